The van der Waals surface area contributed by atoms with Gasteiger partial charge in [-0.1, -0.05) is 18.0 Å². The van der Waals surface area contributed by atoms with Gasteiger partial charge in [-0.05, 0) is 66.3 Å². The van der Waals surface area contributed by atoms with Crippen molar-refractivity contribution in [2.45, 2.75) is 43.6 Å². The molecule has 0 aliphatic carbocycles. The van der Waals surface area contributed by atoms with Crippen molar-refractivity contribution in [1.82, 2.24) is 14.9 Å². The van der Waals surface area contributed by atoms with E-state index in [0.717, 1.165) is 16.5 Å². The van der Waals surface area contributed by atoms with Gasteiger partial charge in [0.15, 0.2) is 11.4 Å². The van der Waals surface area contributed by atoms with Crippen molar-refractivity contribution < 1.29 is 23.5 Å². The molecule has 1 saturated heterocycles. The Morgan fingerprint density at radius 1 is 1.05 bits per heavy atom. The number of nitrogens with one attached hydrogen (secondary N) is 3. The number of likely N-dealkylation sites (tertiary alicyclic amines) is 1. The summed E-state index contributed by atoms with van der Waals surface area (Å²) in [6, 6.07) is 13.3. The third-order valence-corrected chi connectivity index (χ3v) is 8.94. The molecule has 3 aliphatic heterocycles. The van der Waals surface area contributed by atoms with Gasteiger partial charge >= 0.3 is 6.09 Å². The number of ether oxygens (including phenoxy) is 1. The maximum absolute atomic E-state index is 15.3. The first kappa shape index (κ1) is 28.0. The Morgan fingerprint density at radius 2 is 1.91 bits per heavy atom. The minimum Gasteiger partial charge on any atom is -0.436 e. The molecule has 4 aromatic rings. The molecule has 2 aromatic heterocycles. The van der Waals surface area contributed by atoms with Gasteiger partial charge in [-0.15, -0.1) is 0 Å². The zero-order valence-electron chi connectivity index (χ0n) is 23.4. The number of amides is 3. The highest BCUT2D eigenvalue weighted by molar-refractivity contribution is 6.31. The molecule has 5 heterocycles. The first-order valence-corrected chi connectivity index (χ1v) is 14.8. The minimum absolute atomic E-state index is 0.0326. The lowest BCUT2D eigenvalue weighted by molar-refractivity contribution is -0.133. The summed E-state index contributed by atoms with van der Waals surface area (Å²) in [4.78, 5) is 60.5. The lowest BCUT2D eigenvalue weighted by Crippen LogP contribution is -2.44. The molecule has 2 aromatic carbocycles. The van der Waals surface area contributed by atoms with Gasteiger partial charge in [0, 0.05) is 37.2 Å². The Labute approximate surface area is 255 Å². The summed E-state index contributed by atoms with van der Waals surface area (Å²) in [5.41, 5.74) is 1.94. The Balaban J connectivity index is 1.26. The van der Waals surface area contributed by atoms with Crippen LogP contribution in [0, 0.1) is 5.82 Å². The summed E-state index contributed by atoms with van der Waals surface area (Å²) in [6.07, 6.45) is 2.93. The number of benzene rings is 2. The normalized spacial score (nSPS) is 21.4. The summed E-state index contributed by atoms with van der Waals surface area (Å²) in [7, 11) is 0. The summed E-state index contributed by atoms with van der Waals surface area (Å²) in [5, 5.41) is 6.20. The average molecular weight is 616 g/mol. The average Bonchev–Trinajstić information content (AvgIpc) is 3.41. The fraction of sp³-hybridized carbons (Fsp3) is 0.281. The highest BCUT2D eigenvalue weighted by atomic mass is 35.5. The first-order valence-electron chi connectivity index (χ1n) is 14.4. The number of carbonyl (C=O) groups is 3. The molecule has 1 spiro atoms. The number of halogens is 2. The van der Waals surface area contributed by atoms with Crippen LogP contribution in [-0.2, 0) is 19.9 Å². The second kappa shape index (κ2) is 10.7. The number of hydrogen-bond acceptors (Lipinski definition) is 6. The van der Waals surface area contributed by atoms with E-state index in [0.29, 0.717) is 36.2 Å². The SMILES string of the molecule is O=C1CCCCC(C(=O)N2CC[C@@]3(C2)OC(=O)Nc2ccc(Cl)c(F)c23)c2cc(ccn2)-c2cc3ccc(=O)[nH]c3cc2N1. The van der Waals surface area contributed by atoms with Gasteiger partial charge in [0.2, 0.25) is 17.4 Å². The molecule has 7 rings (SSSR count). The fourth-order valence-electron chi connectivity index (χ4n) is 6.54. The number of aromatic nitrogens is 2. The van der Waals surface area contributed by atoms with Gasteiger partial charge in [0.1, 0.15) is 0 Å². The predicted octanol–water partition coefficient (Wildman–Crippen LogP) is 5.67. The van der Waals surface area contributed by atoms with E-state index in [4.69, 9.17) is 16.3 Å². The third-order valence-electron chi connectivity index (χ3n) is 8.65. The number of rotatable bonds is 1. The van der Waals surface area contributed by atoms with Crippen molar-refractivity contribution in [2.24, 2.45) is 0 Å². The van der Waals surface area contributed by atoms with Crippen LogP contribution in [0.4, 0.5) is 20.6 Å². The van der Waals surface area contributed by atoms with Gasteiger partial charge in [0.05, 0.1) is 45.6 Å². The van der Waals surface area contributed by atoms with Crippen LogP contribution in [0.3, 0.4) is 0 Å². The number of fused-ring (bicyclic) bond motifs is 7. The number of hydrogen-bond donors (Lipinski definition) is 3. The van der Waals surface area contributed by atoms with Crippen LogP contribution in [0.2, 0.25) is 5.02 Å². The molecule has 3 amide bonds. The molecule has 0 radical (unpaired) electrons. The second-order valence-electron chi connectivity index (χ2n) is 11.4. The van der Waals surface area contributed by atoms with Crippen LogP contribution >= 0.6 is 11.6 Å². The van der Waals surface area contributed by atoms with Crippen molar-refractivity contribution >= 4 is 51.8 Å². The van der Waals surface area contributed by atoms with E-state index in [9.17, 15) is 19.2 Å². The van der Waals surface area contributed by atoms with Crippen LogP contribution in [0.25, 0.3) is 22.0 Å². The topological polar surface area (TPSA) is 133 Å². The third kappa shape index (κ3) is 4.86. The molecule has 0 saturated carbocycles. The Morgan fingerprint density at radius 3 is 2.77 bits per heavy atom. The van der Waals surface area contributed by atoms with E-state index in [2.05, 4.69) is 20.6 Å². The van der Waals surface area contributed by atoms with Crippen LogP contribution in [0.15, 0.2) is 59.5 Å². The van der Waals surface area contributed by atoms with E-state index in [1.54, 1.807) is 23.2 Å². The van der Waals surface area contributed by atoms with Gasteiger partial charge in [-0.3, -0.25) is 24.7 Å². The lowest BCUT2D eigenvalue weighted by atomic mass is 9.89. The number of nitrogens with zero attached hydrogens (tertiary/aromatic N) is 2. The zero-order chi connectivity index (χ0) is 30.6. The molecular formula is C32H27ClFN5O5. The lowest BCUT2D eigenvalue weighted by Gasteiger charge is -2.36. The van der Waals surface area contributed by atoms with Crippen molar-refractivity contribution in [1.29, 1.82) is 0 Å². The second-order valence-corrected chi connectivity index (χ2v) is 11.8. The van der Waals surface area contributed by atoms with Gasteiger partial charge in [-0.25, -0.2) is 9.18 Å². The van der Waals surface area contributed by atoms with Gasteiger partial charge in [-0.2, -0.15) is 0 Å². The monoisotopic (exact) mass is 615 g/mol. The Kier molecular flexibility index (Phi) is 6.84. The molecule has 12 heteroatoms. The fourth-order valence-corrected chi connectivity index (χ4v) is 6.70. The minimum atomic E-state index is -1.37. The highest BCUT2D eigenvalue weighted by Crippen LogP contribution is 2.46. The Bertz CT molecular complexity index is 1930. The van der Waals surface area contributed by atoms with Crippen molar-refractivity contribution in [3.63, 3.8) is 0 Å². The maximum Gasteiger partial charge on any atom is 0.412 e. The van der Waals surface area contributed by atoms with Crippen LogP contribution in [0.5, 0.6) is 0 Å². The Hall–Kier alpha value is -4.77. The van der Waals surface area contributed by atoms with Gasteiger partial charge in [0.25, 0.3) is 0 Å². The summed E-state index contributed by atoms with van der Waals surface area (Å²) in [5.74, 6) is -1.72. The van der Waals surface area contributed by atoms with E-state index in [1.807, 2.05) is 18.2 Å². The molecule has 1 fully saturated rings. The van der Waals surface area contributed by atoms with Crippen molar-refractivity contribution in [2.75, 3.05) is 23.7 Å². The molecule has 10 nitrogen and oxygen atoms in total. The molecular weight excluding hydrogens is 589 g/mol. The predicted molar refractivity (Wildman–Crippen MR) is 162 cm³/mol. The smallest absolute Gasteiger partial charge is 0.412 e. The molecule has 44 heavy (non-hydrogen) atoms. The van der Waals surface area contributed by atoms with E-state index in [1.165, 1.54) is 18.2 Å². The van der Waals surface area contributed by atoms with E-state index >= 15 is 4.39 Å². The van der Waals surface area contributed by atoms with E-state index < -0.39 is 23.4 Å². The number of aromatic amines is 1. The molecule has 3 aliphatic rings. The summed E-state index contributed by atoms with van der Waals surface area (Å²) in [6.45, 7) is 0.207. The number of H-pyrrole nitrogens is 1. The summed E-state index contributed by atoms with van der Waals surface area (Å²) < 4.78 is 21.0. The van der Waals surface area contributed by atoms with E-state index in [-0.39, 0.29) is 59.6 Å². The number of anilines is 2. The standard InChI is InChI=1S/C32H27ClFN5O5/c33-21-6-7-22-28(29(21)34)32(44-31(43)38-22)10-12-39(16-32)30(42)19-3-1-2-4-26(40)37-25-15-23-18(5-8-27(41)36-23)13-20(25)17-9-11-35-24(19)14-17/h5-9,11,13-15,19H,1-4,10,12,16H2,(H,36,41)(H,37,40)(H,38,43)/t19?,32-/m0/s1. The largest absolute Gasteiger partial charge is 0.436 e. The number of pyridine rings is 2. The first-order chi connectivity index (χ1) is 21.2. The van der Waals surface area contributed by atoms with Crippen molar-refractivity contribution in [3.05, 3.63) is 87.2 Å². The van der Waals surface area contributed by atoms with Crippen LogP contribution < -0.4 is 16.2 Å². The molecule has 2 bridgehead atoms. The number of carbonyl (C=O) groups excluding carboxylic acids is 3. The van der Waals surface area contributed by atoms with Crippen LogP contribution in [-0.4, -0.2) is 45.9 Å². The maximum atomic E-state index is 15.3. The molecule has 2 atom stereocenters. The molecule has 1 unspecified atom stereocenters. The summed E-state index contributed by atoms with van der Waals surface area (Å²) >= 11 is 6.10. The zero-order valence-corrected chi connectivity index (χ0v) is 24.2. The molecule has 224 valence electrons. The van der Waals surface area contributed by atoms with Crippen LogP contribution in [0.1, 0.15) is 49.3 Å². The molecule has 3 N–H and O–H groups in total. The van der Waals surface area contributed by atoms with Crippen molar-refractivity contribution in [3.8, 4) is 11.1 Å². The quantitative estimate of drug-likeness (QED) is 0.253. The van der Waals surface area contributed by atoms with Gasteiger partial charge < -0.3 is 19.9 Å². The highest BCUT2D eigenvalue weighted by Gasteiger charge is 2.51.